The van der Waals surface area contributed by atoms with Crippen molar-refractivity contribution in [1.82, 2.24) is 25.6 Å². The van der Waals surface area contributed by atoms with E-state index < -0.39 is 37.4 Å². The number of hydrogen-bond acceptors (Lipinski definition) is 25. The number of amides is 2. The predicted molar refractivity (Wildman–Crippen MR) is 463 cm³/mol. The molecule has 0 aliphatic carbocycles. The summed E-state index contributed by atoms with van der Waals surface area (Å²) in [5.74, 6) is -0.362. The van der Waals surface area contributed by atoms with E-state index in [2.05, 4.69) is 36.5 Å². The van der Waals surface area contributed by atoms with Crippen molar-refractivity contribution < 1.29 is 38.8 Å². The summed E-state index contributed by atoms with van der Waals surface area (Å²) in [5.41, 5.74) is 24.0. The quantitative estimate of drug-likeness (QED) is 0.0154. The van der Waals surface area contributed by atoms with E-state index >= 15 is 0 Å². The summed E-state index contributed by atoms with van der Waals surface area (Å²) in [7, 11) is 0. The van der Waals surface area contributed by atoms with Crippen molar-refractivity contribution in [3.63, 3.8) is 0 Å². The molecule has 0 radical (unpaired) electrons. The van der Waals surface area contributed by atoms with Gasteiger partial charge in [-0.2, -0.15) is 0 Å². The molecule has 0 spiro atoms. The highest BCUT2D eigenvalue weighted by molar-refractivity contribution is 9.09. The number of non-ortho nitro benzene ring substituents is 4. The minimum absolute atomic E-state index is 0. The molecule has 0 aliphatic rings. The first-order valence-electron chi connectivity index (χ1n) is 32.0. The average molecular weight is 1860 g/mol. The maximum Gasteiger partial charge on any atom is 0.408 e. The first kappa shape index (κ1) is 91.9. The Morgan fingerprint density at radius 1 is 0.518 bits per heavy atom. The number of rotatable bonds is 25. The van der Waals surface area contributed by atoms with Crippen LogP contribution in [0.3, 0.4) is 0 Å². The van der Waals surface area contributed by atoms with Crippen molar-refractivity contribution >= 4 is 199 Å². The number of benzene rings is 5. The molecule has 0 saturated heterocycles. The van der Waals surface area contributed by atoms with E-state index in [0.717, 1.165) is 73.9 Å². The fourth-order valence-corrected chi connectivity index (χ4v) is 16.1. The second-order valence-corrected chi connectivity index (χ2v) is 31.8. The molecule has 12 rings (SSSR count). The van der Waals surface area contributed by atoms with Crippen molar-refractivity contribution in [1.29, 1.82) is 0 Å². The van der Waals surface area contributed by atoms with Gasteiger partial charge < -0.3 is 32.6 Å². The zero-order chi connectivity index (χ0) is 77.2. The third-order valence-corrected chi connectivity index (χ3v) is 22.6. The van der Waals surface area contributed by atoms with Gasteiger partial charge in [-0.1, -0.05) is 132 Å². The van der Waals surface area contributed by atoms with Crippen LogP contribution < -0.4 is 27.8 Å². The van der Waals surface area contributed by atoms with Crippen LogP contribution in [0.1, 0.15) is 96.1 Å². The van der Waals surface area contributed by atoms with Gasteiger partial charge in [0.2, 0.25) is 5.91 Å². The average Bonchev–Trinajstić information content (AvgIpc) is 1.68. The number of halogens is 4. The van der Waals surface area contributed by atoms with Crippen LogP contribution in [0, 0.1) is 40.5 Å². The minimum Gasteiger partial charge on any atom is -0.444 e. The van der Waals surface area contributed by atoms with Gasteiger partial charge in [-0.25, -0.2) is 19.7 Å². The molecule has 36 heteroatoms. The number of nitrogens with one attached hydrogen (secondary N) is 2. The number of carbonyl (C=O) groups is 3. The number of alkyl halides is 1. The second kappa shape index (κ2) is 45.6. The number of ether oxygens (including phenoxy) is 1. The van der Waals surface area contributed by atoms with E-state index in [1.807, 2.05) is 98.3 Å². The topological polar surface area (TPSA) is 374 Å². The Kier molecular flexibility index (Phi) is 38.1. The van der Waals surface area contributed by atoms with Gasteiger partial charge >= 0.3 is 6.09 Å². The number of Topliss-reactive ketones (excluding diaryl/α,β-unsaturated/α-hetero) is 1. The molecule has 0 bridgehead atoms. The summed E-state index contributed by atoms with van der Waals surface area (Å²) in [6.45, 7) is 5.18. The SMILES string of the molecule is Br.Br.C.CC(C)(C)OC(=O)N[C@@H](Cc1ccc([N+](=O)[O-])cc1)C(=O)CBr.NC(=S)c1cccs1.N[C@@H](Cc1ccc([N+](=O)[O-])cc1)c1csc(-c2cccs2)n1.N[C@@H](Cc1ccc([N+](=O)[O-])cc1)c1csc(-c2cccs2)n1.O=C(Cc1cccc(Cl)c1)N[C@@H](Cc1ccc([N+](=O)[O-])cc1)c1csc(-c2cccs2)n1. The number of nitrogens with two attached hydrogens (primary N) is 3. The molecule has 0 saturated carbocycles. The van der Waals surface area contributed by atoms with E-state index in [4.69, 9.17) is 50.7 Å². The molecule has 2 amide bonds. The van der Waals surface area contributed by atoms with Crippen LogP contribution >= 0.6 is 153 Å². The zero-order valence-corrected chi connectivity index (χ0v) is 70.2. The first-order chi connectivity index (χ1) is 51.2. The third-order valence-electron chi connectivity index (χ3n) is 14.8. The highest BCUT2D eigenvalue weighted by atomic mass is 79.9. The van der Waals surface area contributed by atoms with Crippen LogP contribution in [0.2, 0.25) is 5.02 Å². The number of alkyl carbamates (subject to hydrolysis) is 1. The predicted octanol–water partition coefficient (Wildman–Crippen LogP) is 20.3. The number of nitro groups is 4. The number of nitro benzene ring substituents is 4. The molecule has 5 aromatic carbocycles. The van der Waals surface area contributed by atoms with Crippen molar-refractivity contribution in [2.45, 2.75) is 90.1 Å². The summed E-state index contributed by atoms with van der Waals surface area (Å²) >= 11 is 25.0. The number of thiophene rings is 4. The number of hydrogen-bond donors (Lipinski definition) is 5. The largest absolute Gasteiger partial charge is 0.444 e. The molecule has 4 atom stereocenters. The smallest absolute Gasteiger partial charge is 0.408 e. The van der Waals surface area contributed by atoms with Gasteiger partial charge in [0, 0.05) is 69.7 Å². The van der Waals surface area contributed by atoms with Crippen LogP contribution in [0.5, 0.6) is 0 Å². The van der Waals surface area contributed by atoms with E-state index in [-0.39, 0.29) is 112 Å². The number of carbonyl (C=O) groups excluding carboxylic acids is 3. The Bertz CT molecular complexity index is 4750. The summed E-state index contributed by atoms with van der Waals surface area (Å²) in [6, 6.07) is 46.7. The van der Waals surface area contributed by atoms with Gasteiger partial charge in [0.15, 0.2) is 5.78 Å². The maximum atomic E-state index is 12.8. The molecule has 578 valence electrons. The van der Waals surface area contributed by atoms with E-state index in [9.17, 15) is 54.8 Å². The third kappa shape index (κ3) is 29.9. The Morgan fingerprint density at radius 2 is 0.891 bits per heavy atom. The fourth-order valence-electron chi connectivity index (χ4n) is 9.62. The molecule has 7 aromatic heterocycles. The highest BCUT2D eigenvalue weighted by Gasteiger charge is 2.26. The normalized spacial score (nSPS) is 11.6. The minimum atomic E-state index is -0.773. The summed E-state index contributed by atoms with van der Waals surface area (Å²) in [6.07, 6.45) is 1.41. The van der Waals surface area contributed by atoms with Gasteiger partial charge in [-0.05, 0) is 132 Å². The summed E-state index contributed by atoms with van der Waals surface area (Å²) in [4.78, 5) is 96.5. The Hall–Kier alpha value is -8.66. The standard InChI is InChI=1S/C23H18ClN3O3S2.C15H19BrN2O5.2C15H13N3O2S2.C5H5NS2.CH4.2BrH/c24-17-4-1-3-16(11-17)13-22(28)25-19(12-15-6-8-18(9-7-15)27(29)30)20-14-32-23(26-20)21-5-2-10-31-21;1-15(2,3)23-14(20)17-12(13(19)9-16)8-10-4-6-11(7-5-10)18(21)22;2*16-12(8-10-3-5-11(6-4-10)18(19)20)13-9-22-15(17-13)14-2-1-7-21-14;6-5(7)4-2-1-3-8-4;;;/h1-11,14,19H,12-13H2,(H,25,28);4-7,12H,8-9H2,1-3H3,(H,17,20);2*1-7,9,12H,8,16H2;1-3H,(H2,6,7);1H4;2*1H/t19-;3*12-;;;;/m0000..../s1. The molecule has 0 aliphatic heterocycles. The molecule has 7 heterocycles. The van der Waals surface area contributed by atoms with Crippen molar-refractivity contribution in [2.75, 3.05) is 5.33 Å². The number of ketones is 1. The first-order valence-corrected chi connectivity index (χ1v) is 40.1. The van der Waals surface area contributed by atoms with Crippen LogP contribution in [0.4, 0.5) is 27.5 Å². The summed E-state index contributed by atoms with van der Waals surface area (Å²) < 4.78 is 5.14. The van der Waals surface area contributed by atoms with E-state index in [1.54, 1.807) is 149 Å². The Balaban J connectivity index is 0.000000254. The van der Waals surface area contributed by atoms with Crippen LogP contribution in [0.25, 0.3) is 29.7 Å². The second-order valence-electron chi connectivity index (χ2n) is 24.0. The molecular weight excluding hydrogens is 1780 g/mol. The maximum absolute atomic E-state index is 12.8. The van der Waals surface area contributed by atoms with Gasteiger partial charge in [-0.3, -0.25) is 50.0 Å². The molecule has 0 unspecified atom stereocenters. The van der Waals surface area contributed by atoms with Crippen molar-refractivity contribution in [3.8, 4) is 29.7 Å². The Labute approximate surface area is 701 Å². The lowest BCUT2D eigenvalue weighted by Crippen LogP contribution is -2.45. The van der Waals surface area contributed by atoms with Crippen LogP contribution in [-0.4, -0.2) is 74.4 Å². The summed E-state index contributed by atoms with van der Waals surface area (Å²) in [5, 5.41) is 65.9. The van der Waals surface area contributed by atoms with E-state index in [0.29, 0.717) is 34.8 Å². The lowest BCUT2D eigenvalue weighted by atomic mass is 10.0. The lowest BCUT2D eigenvalue weighted by Gasteiger charge is -2.23. The van der Waals surface area contributed by atoms with Crippen LogP contribution in [-0.2, 0) is 46.4 Å². The van der Waals surface area contributed by atoms with Gasteiger partial charge in [0.25, 0.3) is 22.7 Å². The molecule has 12 aromatic rings. The van der Waals surface area contributed by atoms with Gasteiger partial charge in [-0.15, -0.1) is 113 Å². The molecular formula is C74H74Br3ClN12O12S8. The fraction of sp³-hybridized carbons (Fsp3) is 0.203. The number of thiazole rings is 3. The molecule has 24 nitrogen and oxygen atoms in total. The monoisotopic (exact) mass is 1850 g/mol. The highest BCUT2D eigenvalue weighted by Crippen LogP contribution is 2.34. The Morgan fingerprint density at radius 3 is 1.23 bits per heavy atom. The van der Waals surface area contributed by atoms with Gasteiger partial charge in [0.1, 0.15) is 25.6 Å². The van der Waals surface area contributed by atoms with E-state index in [1.165, 1.54) is 59.9 Å². The van der Waals surface area contributed by atoms with Crippen molar-refractivity contribution in [3.05, 3.63) is 303 Å². The number of thiocarbonyl (C=S) groups is 1. The molecule has 0 fully saturated rings. The van der Waals surface area contributed by atoms with Crippen molar-refractivity contribution in [2.24, 2.45) is 17.2 Å². The zero-order valence-electron chi connectivity index (χ0n) is 57.9. The molecule has 110 heavy (non-hydrogen) atoms. The number of aromatic nitrogens is 3. The lowest BCUT2D eigenvalue weighted by molar-refractivity contribution is -0.385. The number of nitrogens with zero attached hydrogens (tertiary/aromatic N) is 7. The van der Waals surface area contributed by atoms with Crippen LogP contribution in [0.15, 0.2) is 208 Å². The molecule has 8 N–H and O–H groups in total. The van der Waals surface area contributed by atoms with Gasteiger partial charge in [0.05, 0.1) is 92.2 Å².